The molecule has 0 aromatic heterocycles. The second kappa shape index (κ2) is 5.19. The first kappa shape index (κ1) is 13.6. The molecular weight excluding hydrogens is 253 g/mol. The van der Waals surface area contributed by atoms with E-state index < -0.39 is 5.82 Å². The minimum absolute atomic E-state index is 0.143. The third-order valence-electron chi connectivity index (χ3n) is 5.13. The Hall–Kier alpha value is -1.38. The van der Waals surface area contributed by atoms with Gasteiger partial charge < -0.3 is 4.90 Å². The molecule has 3 heteroatoms. The number of hydrogen-bond acceptors (Lipinski definition) is 1. The molecule has 0 unspecified atom stereocenters. The number of aryl methyl sites for hydroxylation is 1. The minimum Gasteiger partial charge on any atom is -0.339 e. The predicted molar refractivity (Wildman–Crippen MR) is 77.2 cm³/mol. The van der Waals surface area contributed by atoms with Crippen LogP contribution >= 0.6 is 0 Å². The summed E-state index contributed by atoms with van der Waals surface area (Å²) in [6.45, 7) is 3.40. The molecule has 2 fully saturated rings. The number of benzene rings is 1. The van der Waals surface area contributed by atoms with E-state index in [9.17, 15) is 9.18 Å². The molecule has 0 atom stereocenters. The number of carbonyl (C=O) groups is 1. The number of hydrogen-bond donors (Lipinski definition) is 0. The maximum atomic E-state index is 13.9. The summed E-state index contributed by atoms with van der Waals surface area (Å²) < 4.78 is 13.9. The Kier molecular flexibility index (Phi) is 3.53. The van der Waals surface area contributed by atoms with E-state index >= 15 is 0 Å². The molecule has 0 N–H and O–H groups in total. The van der Waals surface area contributed by atoms with E-state index in [1.165, 1.54) is 31.7 Å². The molecule has 0 radical (unpaired) electrons. The van der Waals surface area contributed by atoms with Crippen molar-refractivity contribution in [2.75, 3.05) is 13.1 Å². The quantitative estimate of drug-likeness (QED) is 0.760. The van der Waals surface area contributed by atoms with Gasteiger partial charge in [0.15, 0.2) is 0 Å². The first-order valence-electron chi connectivity index (χ1n) is 7.65. The molecular formula is C17H22FNO. The first-order valence-corrected chi connectivity index (χ1v) is 7.65. The van der Waals surface area contributed by atoms with Crippen molar-refractivity contribution in [3.8, 4) is 0 Å². The van der Waals surface area contributed by atoms with Gasteiger partial charge in [-0.25, -0.2) is 4.39 Å². The molecule has 1 saturated heterocycles. The first-order chi connectivity index (χ1) is 9.60. The Balaban J connectivity index is 1.69. The van der Waals surface area contributed by atoms with Crippen LogP contribution in [-0.2, 0) is 0 Å². The van der Waals surface area contributed by atoms with Crippen LogP contribution in [0.5, 0.6) is 0 Å². The fourth-order valence-corrected chi connectivity index (χ4v) is 3.77. The highest BCUT2D eigenvalue weighted by Gasteiger charge is 2.38. The minimum atomic E-state index is -0.392. The average Bonchev–Trinajstić information content (AvgIpc) is 2.87. The van der Waals surface area contributed by atoms with Crippen LogP contribution in [0.1, 0.15) is 54.4 Å². The molecule has 1 heterocycles. The SMILES string of the molecule is Cc1ccc(C(=O)N2CCC3(CCCC3)CC2)c(F)c1. The smallest absolute Gasteiger partial charge is 0.256 e. The number of carbonyl (C=O) groups excluding carboxylic acids is 1. The monoisotopic (exact) mass is 275 g/mol. The van der Waals surface area contributed by atoms with Crippen LogP contribution in [0.4, 0.5) is 4.39 Å². The van der Waals surface area contributed by atoms with Gasteiger partial charge in [0.1, 0.15) is 5.82 Å². The molecule has 20 heavy (non-hydrogen) atoms. The lowest BCUT2D eigenvalue weighted by atomic mass is 9.77. The molecule has 1 spiro atoms. The zero-order valence-electron chi connectivity index (χ0n) is 12.1. The van der Waals surface area contributed by atoms with Crippen molar-refractivity contribution in [3.63, 3.8) is 0 Å². The summed E-state index contributed by atoms with van der Waals surface area (Å²) in [5.74, 6) is -0.536. The zero-order valence-corrected chi connectivity index (χ0v) is 12.1. The summed E-state index contributed by atoms with van der Waals surface area (Å²) >= 11 is 0. The van der Waals surface area contributed by atoms with Crippen molar-refractivity contribution in [1.29, 1.82) is 0 Å². The fraction of sp³-hybridized carbons (Fsp3) is 0.588. The standard InChI is InChI=1S/C17H22FNO/c1-13-4-5-14(15(18)12-13)16(20)19-10-8-17(9-11-19)6-2-3-7-17/h4-5,12H,2-3,6-11H2,1H3. The zero-order chi connectivity index (χ0) is 14.2. The van der Waals surface area contributed by atoms with Crippen LogP contribution < -0.4 is 0 Å². The Morgan fingerprint density at radius 2 is 1.80 bits per heavy atom. The summed E-state index contributed by atoms with van der Waals surface area (Å²) in [4.78, 5) is 14.3. The van der Waals surface area contributed by atoms with Gasteiger partial charge in [-0.15, -0.1) is 0 Å². The van der Waals surface area contributed by atoms with Crippen LogP contribution in [0, 0.1) is 18.2 Å². The lowest BCUT2D eigenvalue weighted by molar-refractivity contribution is 0.0583. The van der Waals surface area contributed by atoms with Gasteiger partial charge in [-0.05, 0) is 55.7 Å². The van der Waals surface area contributed by atoms with Crippen molar-refractivity contribution >= 4 is 5.91 Å². The molecule has 1 amide bonds. The second-order valence-corrected chi connectivity index (χ2v) is 6.48. The lowest BCUT2D eigenvalue weighted by Crippen LogP contribution is -2.42. The molecule has 0 bridgehead atoms. The van der Waals surface area contributed by atoms with E-state index in [-0.39, 0.29) is 11.5 Å². The van der Waals surface area contributed by atoms with Gasteiger partial charge in [-0.2, -0.15) is 0 Å². The van der Waals surface area contributed by atoms with Crippen molar-refractivity contribution in [3.05, 3.63) is 35.1 Å². The largest absolute Gasteiger partial charge is 0.339 e. The Labute approximate surface area is 120 Å². The van der Waals surface area contributed by atoms with Crippen molar-refractivity contribution < 1.29 is 9.18 Å². The van der Waals surface area contributed by atoms with E-state index in [0.29, 0.717) is 5.41 Å². The molecule has 3 rings (SSSR count). The Morgan fingerprint density at radius 1 is 1.15 bits per heavy atom. The molecule has 1 aromatic carbocycles. The van der Waals surface area contributed by atoms with Crippen molar-refractivity contribution in [2.45, 2.75) is 45.4 Å². The van der Waals surface area contributed by atoms with E-state index in [1.807, 2.05) is 11.8 Å². The number of rotatable bonds is 1. The van der Waals surface area contributed by atoms with E-state index in [4.69, 9.17) is 0 Å². The van der Waals surface area contributed by atoms with Crippen molar-refractivity contribution in [2.24, 2.45) is 5.41 Å². The van der Waals surface area contributed by atoms with Crippen LogP contribution in [-0.4, -0.2) is 23.9 Å². The van der Waals surface area contributed by atoms with Gasteiger partial charge in [0.25, 0.3) is 5.91 Å². The highest BCUT2D eigenvalue weighted by molar-refractivity contribution is 5.94. The third kappa shape index (κ3) is 2.46. The third-order valence-corrected chi connectivity index (χ3v) is 5.13. The van der Waals surface area contributed by atoms with Crippen LogP contribution in [0.2, 0.25) is 0 Å². The predicted octanol–water partition coefficient (Wildman–Crippen LogP) is 3.93. The number of amides is 1. The van der Waals surface area contributed by atoms with Gasteiger partial charge in [0.05, 0.1) is 5.56 Å². The fourth-order valence-electron chi connectivity index (χ4n) is 3.77. The number of nitrogens with zero attached hydrogens (tertiary/aromatic N) is 1. The topological polar surface area (TPSA) is 20.3 Å². The number of halogens is 1. The van der Waals surface area contributed by atoms with Crippen LogP contribution in [0.15, 0.2) is 18.2 Å². The van der Waals surface area contributed by atoms with Crippen molar-refractivity contribution in [1.82, 2.24) is 4.90 Å². The van der Waals surface area contributed by atoms with Crippen LogP contribution in [0.3, 0.4) is 0 Å². The van der Waals surface area contributed by atoms with Gasteiger partial charge >= 0.3 is 0 Å². The van der Waals surface area contributed by atoms with Gasteiger partial charge in [-0.1, -0.05) is 18.9 Å². The highest BCUT2D eigenvalue weighted by Crippen LogP contribution is 2.46. The molecule has 2 nitrogen and oxygen atoms in total. The molecule has 1 aromatic rings. The molecule has 2 aliphatic rings. The van der Waals surface area contributed by atoms with Gasteiger partial charge in [0, 0.05) is 13.1 Å². The highest BCUT2D eigenvalue weighted by atomic mass is 19.1. The maximum Gasteiger partial charge on any atom is 0.256 e. The van der Waals surface area contributed by atoms with Gasteiger partial charge in [0.2, 0.25) is 0 Å². The number of likely N-dealkylation sites (tertiary alicyclic amines) is 1. The van der Waals surface area contributed by atoms with E-state index in [1.54, 1.807) is 12.1 Å². The van der Waals surface area contributed by atoms with E-state index in [0.717, 1.165) is 31.5 Å². The summed E-state index contributed by atoms with van der Waals surface area (Å²) in [7, 11) is 0. The summed E-state index contributed by atoms with van der Waals surface area (Å²) in [5.41, 5.74) is 1.56. The lowest BCUT2D eigenvalue weighted by Gasteiger charge is -2.39. The Morgan fingerprint density at radius 3 is 2.40 bits per heavy atom. The Bertz CT molecular complexity index is 510. The summed E-state index contributed by atoms with van der Waals surface area (Å²) in [5, 5.41) is 0. The second-order valence-electron chi connectivity index (χ2n) is 6.48. The molecule has 1 aliphatic carbocycles. The van der Waals surface area contributed by atoms with E-state index in [2.05, 4.69) is 0 Å². The molecule has 108 valence electrons. The number of piperidine rings is 1. The molecule has 1 saturated carbocycles. The maximum absolute atomic E-state index is 13.9. The van der Waals surface area contributed by atoms with Crippen LogP contribution in [0.25, 0.3) is 0 Å². The summed E-state index contributed by atoms with van der Waals surface area (Å²) in [6, 6.07) is 4.86. The normalized spacial score (nSPS) is 21.4. The van der Waals surface area contributed by atoms with Gasteiger partial charge in [-0.3, -0.25) is 4.79 Å². The average molecular weight is 275 g/mol. The molecule has 1 aliphatic heterocycles. The summed E-state index contributed by atoms with van der Waals surface area (Å²) in [6.07, 6.45) is 7.47.